The zero-order valence-corrected chi connectivity index (χ0v) is 14.1. The van der Waals surface area contributed by atoms with Crippen molar-refractivity contribution in [3.05, 3.63) is 11.6 Å². The Bertz CT molecular complexity index is 541. The van der Waals surface area contributed by atoms with Gasteiger partial charge in [0.1, 0.15) is 0 Å². The van der Waals surface area contributed by atoms with Gasteiger partial charge < -0.3 is 5.11 Å². The Morgan fingerprint density at radius 3 is 2.73 bits per heavy atom. The second kappa shape index (κ2) is 4.88. The van der Waals surface area contributed by atoms with Gasteiger partial charge in [-0.05, 0) is 80.0 Å². The maximum absolute atomic E-state index is 10.1. The number of terminal acetylenes is 1. The van der Waals surface area contributed by atoms with Crippen LogP contribution >= 0.6 is 0 Å². The molecule has 7 atom stereocenters. The Morgan fingerprint density at radius 2 is 1.95 bits per heavy atom. The van der Waals surface area contributed by atoms with Gasteiger partial charge in [-0.25, -0.2) is 0 Å². The Morgan fingerprint density at radius 1 is 1.14 bits per heavy atom. The molecule has 120 valence electrons. The van der Waals surface area contributed by atoms with E-state index in [1.165, 1.54) is 38.5 Å². The fraction of sp³-hybridized carbons (Fsp3) is 0.810. The summed E-state index contributed by atoms with van der Waals surface area (Å²) in [5, 5.41) is 10.1. The lowest BCUT2D eigenvalue weighted by Crippen LogP contribution is -2.50. The molecule has 0 radical (unpaired) electrons. The number of fused-ring (bicyclic) bond motifs is 5. The highest BCUT2D eigenvalue weighted by Crippen LogP contribution is 2.66. The highest BCUT2D eigenvalue weighted by atomic mass is 16.3. The number of hydrogen-bond donors (Lipinski definition) is 1. The molecule has 4 aliphatic carbocycles. The van der Waals surface area contributed by atoms with Gasteiger partial charge >= 0.3 is 0 Å². The molecular weight excluding hydrogens is 268 g/mol. The van der Waals surface area contributed by atoms with Crippen molar-refractivity contribution in [1.82, 2.24) is 0 Å². The first-order chi connectivity index (χ1) is 10.5. The summed E-state index contributed by atoms with van der Waals surface area (Å²) >= 11 is 0. The van der Waals surface area contributed by atoms with Crippen LogP contribution in [0.3, 0.4) is 0 Å². The van der Waals surface area contributed by atoms with E-state index in [1.54, 1.807) is 5.57 Å². The predicted molar refractivity (Wildman–Crippen MR) is 90.0 cm³/mol. The topological polar surface area (TPSA) is 20.2 Å². The van der Waals surface area contributed by atoms with Crippen molar-refractivity contribution in [2.45, 2.75) is 71.3 Å². The first-order valence-corrected chi connectivity index (χ1v) is 9.33. The first-order valence-electron chi connectivity index (χ1n) is 9.33. The van der Waals surface area contributed by atoms with Gasteiger partial charge in [0, 0.05) is 5.92 Å². The van der Waals surface area contributed by atoms with Crippen molar-refractivity contribution in [2.75, 3.05) is 0 Å². The quantitative estimate of drug-likeness (QED) is 0.513. The monoisotopic (exact) mass is 298 g/mol. The van der Waals surface area contributed by atoms with Crippen molar-refractivity contribution in [2.24, 2.45) is 34.5 Å². The number of rotatable bonds is 0. The lowest BCUT2D eigenvalue weighted by atomic mass is 9.47. The summed E-state index contributed by atoms with van der Waals surface area (Å²) in [6, 6.07) is 0. The van der Waals surface area contributed by atoms with Crippen LogP contribution in [0.25, 0.3) is 0 Å². The molecular formula is C21H30O. The van der Waals surface area contributed by atoms with Crippen LogP contribution in [-0.4, -0.2) is 11.2 Å². The Kier molecular flexibility index (Phi) is 3.29. The molecule has 0 amide bonds. The minimum Gasteiger partial charge on any atom is -0.393 e. The van der Waals surface area contributed by atoms with Crippen molar-refractivity contribution in [3.8, 4) is 12.3 Å². The summed E-state index contributed by atoms with van der Waals surface area (Å²) in [5.41, 5.74) is 2.33. The molecule has 1 N–H and O–H groups in total. The summed E-state index contributed by atoms with van der Waals surface area (Å²) in [5.74, 6) is 6.12. The van der Waals surface area contributed by atoms with Crippen molar-refractivity contribution in [3.63, 3.8) is 0 Å². The summed E-state index contributed by atoms with van der Waals surface area (Å²) in [6.45, 7) is 4.98. The van der Waals surface area contributed by atoms with Crippen LogP contribution < -0.4 is 0 Å². The highest BCUT2D eigenvalue weighted by molar-refractivity contribution is 5.26. The van der Waals surface area contributed by atoms with E-state index in [0.717, 1.165) is 30.6 Å². The molecule has 4 unspecified atom stereocenters. The van der Waals surface area contributed by atoms with Gasteiger partial charge in [-0.15, -0.1) is 12.3 Å². The van der Waals surface area contributed by atoms with Crippen molar-refractivity contribution in [1.29, 1.82) is 0 Å². The van der Waals surface area contributed by atoms with E-state index in [9.17, 15) is 5.11 Å². The van der Waals surface area contributed by atoms with E-state index in [1.807, 2.05) is 0 Å². The zero-order valence-electron chi connectivity index (χ0n) is 14.1. The number of hydrogen-bond acceptors (Lipinski definition) is 1. The van der Waals surface area contributed by atoms with Gasteiger partial charge in [0.15, 0.2) is 0 Å². The number of allylic oxidation sites excluding steroid dienone is 1. The van der Waals surface area contributed by atoms with Gasteiger partial charge in [0.05, 0.1) is 6.10 Å². The molecule has 0 saturated heterocycles. The van der Waals surface area contributed by atoms with Crippen LogP contribution in [0.5, 0.6) is 0 Å². The lowest BCUT2D eigenvalue weighted by Gasteiger charge is -2.57. The van der Waals surface area contributed by atoms with E-state index in [-0.39, 0.29) is 6.10 Å². The molecule has 0 aromatic heterocycles. The number of aliphatic hydroxyl groups excluding tert-OH is 1. The third kappa shape index (κ3) is 1.83. The molecule has 1 nitrogen and oxygen atoms in total. The Labute approximate surface area is 135 Å². The van der Waals surface area contributed by atoms with E-state index >= 15 is 0 Å². The van der Waals surface area contributed by atoms with E-state index < -0.39 is 0 Å². The van der Waals surface area contributed by atoms with Crippen LogP contribution in [0.2, 0.25) is 0 Å². The van der Waals surface area contributed by atoms with Crippen molar-refractivity contribution >= 4 is 0 Å². The standard InChI is InChI=1S/C21H30O/c1-4-14-6-8-18-17-7-5-15-13-16(22)9-11-21(15,3)19(17)10-12-20(14,18)2/h1,5,14,16-19,22H,6-13H2,2-3H3/t14-,16?,17?,18?,19?,20+,21-/m0/s1. The van der Waals surface area contributed by atoms with E-state index in [0.29, 0.717) is 16.7 Å². The second-order valence-corrected chi connectivity index (χ2v) is 9.00. The average molecular weight is 298 g/mol. The molecule has 3 saturated carbocycles. The summed E-state index contributed by atoms with van der Waals surface area (Å²) in [4.78, 5) is 0. The molecule has 1 heteroatoms. The largest absolute Gasteiger partial charge is 0.393 e. The third-order valence-electron chi connectivity index (χ3n) is 8.28. The molecule has 0 spiro atoms. The first kappa shape index (κ1) is 14.8. The molecule has 0 heterocycles. The van der Waals surface area contributed by atoms with E-state index in [2.05, 4.69) is 25.8 Å². The van der Waals surface area contributed by atoms with Crippen LogP contribution in [0, 0.1) is 46.8 Å². The Balaban J connectivity index is 1.67. The van der Waals surface area contributed by atoms with Crippen LogP contribution in [0.4, 0.5) is 0 Å². The smallest absolute Gasteiger partial charge is 0.0577 e. The fourth-order valence-corrected chi connectivity index (χ4v) is 6.92. The summed E-state index contributed by atoms with van der Waals surface area (Å²) in [6.07, 6.45) is 17.9. The molecule has 22 heavy (non-hydrogen) atoms. The van der Waals surface area contributed by atoms with Gasteiger partial charge in [0.2, 0.25) is 0 Å². The molecule has 4 aliphatic rings. The maximum atomic E-state index is 10.1. The minimum atomic E-state index is -0.0953. The minimum absolute atomic E-state index is 0.0953. The second-order valence-electron chi connectivity index (χ2n) is 9.00. The SMILES string of the molecule is C#C[C@H]1CCC2C3CC=C4CC(O)CC[C@]4(C)C3CC[C@@]21C. The molecule has 4 rings (SSSR count). The zero-order chi connectivity index (χ0) is 15.5. The highest BCUT2D eigenvalue weighted by Gasteiger charge is 2.58. The number of aliphatic hydroxyl groups is 1. The molecule has 0 bridgehead atoms. The summed E-state index contributed by atoms with van der Waals surface area (Å²) < 4.78 is 0. The van der Waals surface area contributed by atoms with Crippen LogP contribution in [-0.2, 0) is 0 Å². The summed E-state index contributed by atoms with van der Waals surface area (Å²) in [7, 11) is 0. The maximum Gasteiger partial charge on any atom is 0.0577 e. The molecule has 0 aromatic carbocycles. The van der Waals surface area contributed by atoms with Gasteiger partial charge in [0.25, 0.3) is 0 Å². The third-order valence-corrected chi connectivity index (χ3v) is 8.28. The van der Waals surface area contributed by atoms with Gasteiger partial charge in [-0.1, -0.05) is 25.5 Å². The van der Waals surface area contributed by atoms with Crippen LogP contribution in [0.15, 0.2) is 11.6 Å². The van der Waals surface area contributed by atoms with E-state index in [4.69, 9.17) is 6.42 Å². The molecule has 3 fully saturated rings. The Hall–Kier alpha value is -0.740. The van der Waals surface area contributed by atoms with Gasteiger partial charge in [-0.2, -0.15) is 0 Å². The normalized spacial score (nSPS) is 53.7. The van der Waals surface area contributed by atoms with Crippen molar-refractivity contribution < 1.29 is 5.11 Å². The van der Waals surface area contributed by atoms with Gasteiger partial charge in [-0.3, -0.25) is 0 Å². The average Bonchev–Trinajstić information content (AvgIpc) is 2.84. The predicted octanol–water partition coefficient (Wildman–Crippen LogP) is 4.56. The van der Waals surface area contributed by atoms with Crippen LogP contribution in [0.1, 0.15) is 65.2 Å². The molecule has 0 aromatic rings. The molecule has 0 aliphatic heterocycles. The fourth-order valence-electron chi connectivity index (χ4n) is 6.92. The lowest BCUT2D eigenvalue weighted by molar-refractivity contribution is -0.0432.